The highest BCUT2D eigenvalue weighted by Crippen LogP contribution is 2.44. The van der Waals surface area contributed by atoms with Gasteiger partial charge < -0.3 is 19.9 Å². The molecule has 2 aliphatic rings. The molecule has 4 heterocycles. The summed E-state index contributed by atoms with van der Waals surface area (Å²) in [6.07, 6.45) is 5.71. The first-order valence-corrected chi connectivity index (χ1v) is 11.7. The zero-order chi connectivity index (χ0) is 23.4. The van der Waals surface area contributed by atoms with Gasteiger partial charge in [-0.2, -0.15) is 9.97 Å². The lowest BCUT2D eigenvalue weighted by Crippen LogP contribution is -2.53. The number of amides is 1. The van der Waals surface area contributed by atoms with Gasteiger partial charge in [-0.1, -0.05) is 18.2 Å². The molecule has 1 aliphatic carbocycles. The van der Waals surface area contributed by atoms with E-state index < -0.39 is 0 Å². The van der Waals surface area contributed by atoms with Crippen molar-refractivity contribution in [3.8, 4) is 17.0 Å². The number of benzene rings is 1. The third-order valence-corrected chi connectivity index (χ3v) is 7.25. The molecule has 1 saturated carbocycles. The van der Waals surface area contributed by atoms with Crippen molar-refractivity contribution in [3.05, 3.63) is 24.4 Å². The molecule has 6 rings (SSSR count). The maximum Gasteiger partial charge on any atom is 0.228 e. The largest absolute Gasteiger partial charge is 0.480 e. The van der Waals surface area contributed by atoms with Gasteiger partial charge in [0.05, 0.1) is 23.4 Å². The summed E-state index contributed by atoms with van der Waals surface area (Å²) in [5.74, 6) is 1.29. The van der Waals surface area contributed by atoms with Crippen molar-refractivity contribution in [2.24, 2.45) is 12.5 Å². The summed E-state index contributed by atoms with van der Waals surface area (Å²) in [6, 6.07) is 6.18. The molecule has 1 amide bonds. The molecule has 176 valence electrons. The number of hydrogen-bond donors (Lipinski definition) is 2. The normalized spacial score (nSPS) is 22.3. The predicted molar refractivity (Wildman–Crippen MR) is 129 cm³/mol. The summed E-state index contributed by atoms with van der Waals surface area (Å²) >= 11 is 0. The molecular weight excluding hydrogens is 432 g/mol. The number of anilines is 1. The fourth-order valence-corrected chi connectivity index (χ4v) is 5.43. The Labute approximate surface area is 196 Å². The monoisotopic (exact) mass is 460 g/mol. The zero-order valence-corrected chi connectivity index (χ0v) is 19.6. The zero-order valence-electron chi connectivity index (χ0n) is 19.6. The third kappa shape index (κ3) is 3.27. The Morgan fingerprint density at radius 3 is 2.79 bits per heavy atom. The number of fused-ring (bicyclic) bond motifs is 2. The molecule has 10 nitrogen and oxygen atoms in total. The topological polar surface area (TPSA) is 114 Å². The molecule has 4 aromatic rings. The van der Waals surface area contributed by atoms with Crippen molar-refractivity contribution in [3.63, 3.8) is 0 Å². The molecule has 0 unspecified atom stereocenters. The van der Waals surface area contributed by atoms with E-state index in [0.717, 1.165) is 66.3 Å². The molecule has 2 N–H and O–H groups in total. The van der Waals surface area contributed by atoms with Crippen LogP contribution in [0.1, 0.15) is 32.6 Å². The van der Waals surface area contributed by atoms with Crippen LogP contribution >= 0.6 is 0 Å². The maximum absolute atomic E-state index is 12.9. The van der Waals surface area contributed by atoms with Crippen LogP contribution in [0, 0.1) is 5.41 Å². The van der Waals surface area contributed by atoms with Crippen LogP contribution in [0.4, 0.5) is 5.95 Å². The minimum atomic E-state index is -0.297. The lowest BCUT2D eigenvalue weighted by atomic mass is 9.66. The Hall–Kier alpha value is -3.69. The van der Waals surface area contributed by atoms with Crippen molar-refractivity contribution in [2.75, 3.05) is 25.5 Å². The van der Waals surface area contributed by atoms with Crippen LogP contribution in [-0.4, -0.2) is 67.0 Å². The molecule has 10 heteroatoms. The smallest absolute Gasteiger partial charge is 0.228 e. The molecule has 0 spiro atoms. The standard InChI is InChI=1S/C24H28N8O2/c1-24(22(33)32-8-4-5-9-32)11-15(12-24)26-23-27-20-19(21(28-23)34-3)16(13-25-20)14-6-7-17-18(10-14)31(2)30-29-17/h6-7,10,13,15H,4-5,8-9,11-12H2,1-3H3,(H2,25,26,27,28)/t15-,24+. The average Bonchev–Trinajstić information content (AvgIpc) is 3.57. The molecule has 1 saturated heterocycles. The number of nitrogens with zero attached hydrogens (tertiary/aromatic N) is 6. The highest BCUT2D eigenvalue weighted by atomic mass is 16.5. The second kappa shape index (κ2) is 7.68. The number of aromatic amines is 1. The van der Waals surface area contributed by atoms with Gasteiger partial charge in [-0.15, -0.1) is 5.10 Å². The summed E-state index contributed by atoms with van der Waals surface area (Å²) in [5.41, 5.74) is 4.14. The van der Waals surface area contributed by atoms with Crippen molar-refractivity contribution in [1.82, 2.24) is 34.8 Å². The molecule has 3 aromatic heterocycles. The van der Waals surface area contributed by atoms with Crippen LogP contribution < -0.4 is 10.1 Å². The Morgan fingerprint density at radius 1 is 1.24 bits per heavy atom. The van der Waals surface area contributed by atoms with E-state index in [-0.39, 0.29) is 17.4 Å². The van der Waals surface area contributed by atoms with Gasteiger partial charge in [0.1, 0.15) is 11.2 Å². The van der Waals surface area contributed by atoms with E-state index in [1.807, 2.05) is 30.3 Å². The lowest BCUT2D eigenvalue weighted by Gasteiger charge is -2.45. The number of carbonyl (C=O) groups is 1. The molecule has 0 atom stereocenters. The number of nitrogens with one attached hydrogen (secondary N) is 2. The lowest BCUT2D eigenvalue weighted by molar-refractivity contribution is -0.145. The van der Waals surface area contributed by atoms with E-state index in [2.05, 4.69) is 38.6 Å². The van der Waals surface area contributed by atoms with Crippen LogP contribution in [0.3, 0.4) is 0 Å². The van der Waals surface area contributed by atoms with Crippen molar-refractivity contribution in [2.45, 2.75) is 38.6 Å². The van der Waals surface area contributed by atoms with Gasteiger partial charge in [0.2, 0.25) is 17.7 Å². The molecule has 2 fully saturated rings. The van der Waals surface area contributed by atoms with Crippen molar-refractivity contribution < 1.29 is 9.53 Å². The van der Waals surface area contributed by atoms with Gasteiger partial charge in [-0.3, -0.25) is 4.79 Å². The summed E-state index contributed by atoms with van der Waals surface area (Å²) in [4.78, 5) is 27.5. The number of rotatable bonds is 5. The van der Waals surface area contributed by atoms with Gasteiger partial charge in [-0.05, 0) is 43.4 Å². The molecule has 0 bridgehead atoms. The van der Waals surface area contributed by atoms with Crippen LogP contribution in [0.5, 0.6) is 5.88 Å². The second-order valence-electron chi connectivity index (χ2n) is 9.71. The van der Waals surface area contributed by atoms with E-state index >= 15 is 0 Å². The van der Waals surface area contributed by atoms with Gasteiger partial charge in [0, 0.05) is 37.9 Å². The minimum absolute atomic E-state index is 0.160. The van der Waals surface area contributed by atoms with Crippen LogP contribution in [0.25, 0.3) is 33.2 Å². The summed E-state index contributed by atoms with van der Waals surface area (Å²) < 4.78 is 7.42. The predicted octanol–water partition coefficient (Wildman–Crippen LogP) is 3.12. The van der Waals surface area contributed by atoms with E-state index in [9.17, 15) is 4.79 Å². The van der Waals surface area contributed by atoms with E-state index in [1.54, 1.807) is 11.8 Å². The van der Waals surface area contributed by atoms with Crippen LogP contribution in [0.15, 0.2) is 24.4 Å². The molecule has 34 heavy (non-hydrogen) atoms. The summed E-state index contributed by atoms with van der Waals surface area (Å²) in [5, 5.41) is 12.5. The number of H-pyrrole nitrogens is 1. The fraction of sp³-hybridized carbons (Fsp3) is 0.458. The molecule has 1 aliphatic heterocycles. The number of ether oxygens (including phenoxy) is 1. The van der Waals surface area contributed by atoms with E-state index in [4.69, 9.17) is 9.72 Å². The number of carbonyl (C=O) groups excluding carboxylic acids is 1. The summed E-state index contributed by atoms with van der Waals surface area (Å²) in [7, 11) is 3.49. The Bertz CT molecular complexity index is 1400. The molecule has 0 radical (unpaired) electrons. The number of likely N-dealkylation sites (tertiary alicyclic amines) is 1. The fourth-order valence-electron chi connectivity index (χ4n) is 5.43. The number of methoxy groups -OCH3 is 1. The van der Waals surface area contributed by atoms with Gasteiger partial charge >= 0.3 is 0 Å². The first-order chi connectivity index (χ1) is 16.4. The van der Waals surface area contributed by atoms with Crippen LogP contribution in [-0.2, 0) is 11.8 Å². The van der Waals surface area contributed by atoms with E-state index in [0.29, 0.717) is 17.5 Å². The van der Waals surface area contributed by atoms with Crippen LogP contribution in [0.2, 0.25) is 0 Å². The van der Waals surface area contributed by atoms with Crippen molar-refractivity contribution in [1.29, 1.82) is 0 Å². The number of aromatic nitrogens is 6. The second-order valence-corrected chi connectivity index (χ2v) is 9.71. The molecular formula is C24H28N8O2. The quantitative estimate of drug-likeness (QED) is 0.470. The van der Waals surface area contributed by atoms with Crippen molar-refractivity contribution >= 4 is 33.9 Å². The minimum Gasteiger partial charge on any atom is -0.480 e. The number of aryl methyl sites for hydroxylation is 1. The maximum atomic E-state index is 12.9. The van der Waals surface area contributed by atoms with Gasteiger partial charge in [0.15, 0.2) is 0 Å². The van der Waals surface area contributed by atoms with Gasteiger partial charge in [0.25, 0.3) is 0 Å². The SMILES string of the molecule is COc1nc(N[C@H]2C[C@@](C)(C(=O)N3CCCC3)C2)nc2[nH]cc(-c3ccc4nnn(C)c4c3)c12. The highest BCUT2D eigenvalue weighted by Gasteiger charge is 2.48. The third-order valence-electron chi connectivity index (χ3n) is 7.25. The summed E-state index contributed by atoms with van der Waals surface area (Å²) in [6.45, 7) is 3.85. The Morgan fingerprint density at radius 2 is 2.03 bits per heavy atom. The average molecular weight is 461 g/mol. The molecule has 1 aromatic carbocycles. The van der Waals surface area contributed by atoms with Gasteiger partial charge in [-0.25, -0.2) is 4.68 Å². The highest BCUT2D eigenvalue weighted by molar-refractivity contribution is 5.99. The number of hydrogen-bond acceptors (Lipinski definition) is 7. The first kappa shape index (κ1) is 20.9. The Kier molecular flexibility index (Phi) is 4.72. The first-order valence-electron chi connectivity index (χ1n) is 11.7. The Balaban J connectivity index is 1.25. The van der Waals surface area contributed by atoms with E-state index in [1.165, 1.54) is 0 Å².